The van der Waals surface area contributed by atoms with Crippen molar-refractivity contribution in [3.63, 3.8) is 0 Å². The molecule has 0 saturated carbocycles. The maximum Gasteiger partial charge on any atom is 0.227 e. The quantitative estimate of drug-likeness (QED) is 0.779. The number of hydrogen-bond donors (Lipinski definition) is 1. The van der Waals surface area contributed by atoms with Gasteiger partial charge in [-0.3, -0.25) is 9.36 Å². The Morgan fingerprint density at radius 2 is 2.08 bits per heavy atom. The zero-order chi connectivity index (χ0) is 18.3. The number of hydrogen-bond acceptors (Lipinski definition) is 4. The summed E-state index contributed by atoms with van der Waals surface area (Å²) in [5.41, 5.74) is 7.63. The molecule has 0 radical (unpaired) electrons. The largest absolute Gasteiger partial charge is 0.370 e. The molecule has 26 heavy (non-hydrogen) atoms. The molecule has 1 aromatic carbocycles. The Kier molecular flexibility index (Phi) is 4.14. The molecule has 0 aliphatic carbocycles. The minimum Gasteiger partial charge on any atom is -0.370 e. The van der Waals surface area contributed by atoms with Crippen molar-refractivity contribution in [3.05, 3.63) is 30.5 Å². The van der Waals surface area contributed by atoms with Gasteiger partial charge in [-0.25, -0.2) is 0 Å². The van der Waals surface area contributed by atoms with Gasteiger partial charge >= 0.3 is 0 Å². The van der Waals surface area contributed by atoms with Crippen molar-refractivity contribution < 1.29 is 4.79 Å². The second-order valence-corrected chi connectivity index (χ2v) is 7.18. The maximum absolute atomic E-state index is 11.3. The molecule has 0 bridgehead atoms. The second-order valence-electron chi connectivity index (χ2n) is 7.18. The Bertz CT molecular complexity index is 956. The number of nitrogens with two attached hydrogens (primary N) is 1. The predicted octanol–water partition coefficient (Wildman–Crippen LogP) is 2.07. The van der Waals surface area contributed by atoms with Crippen LogP contribution in [-0.2, 0) is 18.9 Å². The fourth-order valence-corrected chi connectivity index (χ4v) is 4.05. The third-order valence-corrected chi connectivity index (χ3v) is 5.28. The van der Waals surface area contributed by atoms with Gasteiger partial charge in [-0.1, -0.05) is 18.2 Å². The number of benzene rings is 1. The highest BCUT2D eigenvalue weighted by Gasteiger charge is 2.26. The van der Waals surface area contributed by atoms with Crippen LogP contribution in [0.4, 0.5) is 5.95 Å². The predicted molar refractivity (Wildman–Crippen MR) is 102 cm³/mol. The Morgan fingerprint density at radius 3 is 2.88 bits per heavy atom. The molecule has 1 unspecified atom stereocenters. The summed E-state index contributed by atoms with van der Waals surface area (Å²) < 4.78 is 4.16. The van der Waals surface area contributed by atoms with Crippen LogP contribution < -0.4 is 10.6 Å². The Hall–Kier alpha value is -2.83. The van der Waals surface area contributed by atoms with Crippen LogP contribution in [0.15, 0.2) is 30.5 Å². The number of para-hydroxylation sites is 1. The fraction of sp³-hybridized carbons (Fsp3) is 0.421. The molecule has 0 spiro atoms. The van der Waals surface area contributed by atoms with E-state index < -0.39 is 0 Å². The average molecular weight is 352 g/mol. The van der Waals surface area contributed by atoms with Gasteiger partial charge in [-0.05, 0) is 24.8 Å². The highest BCUT2D eigenvalue weighted by molar-refractivity contribution is 5.94. The van der Waals surface area contributed by atoms with Crippen molar-refractivity contribution in [1.29, 1.82) is 0 Å². The van der Waals surface area contributed by atoms with Crippen molar-refractivity contribution in [1.82, 2.24) is 19.3 Å². The molecule has 2 aromatic heterocycles. The molecule has 136 valence electrons. The first kappa shape index (κ1) is 16.6. The second kappa shape index (κ2) is 6.48. The lowest BCUT2D eigenvalue weighted by Crippen LogP contribution is -2.38. The molecule has 7 nitrogen and oxygen atoms in total. The minimum atomic E-state index is -0.230. The first-order valence-corrected chi connectivity index (χ1v) is 9.01. The zero-order valence-electron chi connectivity index (χ0n) is 15.2. The van der Waals surface area contributed by atoms with E-state index in [0.717, 1.165) is 43.3 Å². The molecule has 1 fully saturated rings. The number of anilines is 1. The molecule has 1 atom stereocenters. The van der Waals surface area contributed by atoms with Crippen LogP contribution in [0.1, 0.15) is 19.3 Å². The molecule has 3 aromatic rings. The van der Waals surface area contributed by atoms with Gasteiger partial charge in [0, 0.05) is 56.3 Å². The number of rotatable bonds is 4. The van der Waals surface area contributed by atoms with Crippen molar-refractivity contribution in [2.45, 2.75) is 19.3 Å². The summed E-state index contributed by atoms with van der Waals surface area (Å²) in [6.07, 6.45) is 4.61. The number of aryl methyl sites for hydroxylation is 1. The van der Waals surface area contributed by atoms with E-state index in [9.17, 15) is 4.79 Å². The minimum absolute atomic E-state index is 0.230. The van der Waals surface area contributed by atoms with E-state index >= 15 is 0 Å². The van der Waals surface area contributed by atoms with Crippen molar-refractivity contribution >= 4 is 22.8 Å². The van der Waals surface area contributed by atoms with Crippen LogP contribution in [0.3, 0.4) is 0 Å². The molecule has 2 N–H and O–H groups in total. The van der Waals surface area contributed by atoms with Crippen molar-refractivity contribution in [2.24, 2.45) is 25.7 Å². The van der Waals surface area contributed by atoms with Crippen LogP contribution in [-0.4, -0.2) is 38.3 Å². The number of amides is 1. The van der Waals surface area contributed by atoms with Crippen LogP contribution in [0.2, 0.25) is 0 Å². The summed E-state index contributed by atoms with van der Waals surface area (Å²) in [6.45, 7) is 1.72. The number of aromatic nitrogens is 4. The summed E-state index contributed by atoms with van der Waals surface area (Å²) in [7, 11) is 4.05. The van der Waals surface area contributed by atoms with Crippen molar-refractivity contribution in [3.8, 4) is 11.4 Å². The number of primary amides is 1. The van der Waals surface area contributed by atoms with Gasteiger partial charge in [0.25, 0.3) is 0 Å². The van der Waals surface area contributed by atoms with Gasteiger partial charge in [0.2, 0.25) is 11.9 Å². The molecule has 4 rings (SSSR count). The first-order valence-electron chi connectivity index (χ1n) is 9.01. The molecule has 1 saturated heterocycles. The van der Waals surface area contributed by atoms with E-state index in [2.05, 4.69) is 42.6 Å². The number of carbonyl (C=O) groups excluding carboxylic acids is 1. The van der Waals surface area contributed by atoms with Crippen molar-refractivity contribution in [2.75, 3.05) is 18.0 Å². The summed E-state index contributed by atoms with van der Waals surface area (Å²) in [6, 6.07) is 8.31. The van der Waals surface area contributed by atoms with Gasteiger partial charge < -0.3 is 15.2 Å². The lowest BCUT2D eigenvalue weighted by molar-refractivity contribution is -0.118. The topological polar surface area (TPSA) is 82.0 Å². The van der Waals surface area contributed by atoms with E-state index in [1.54, 1.807) is 0 Å². The van der Waals surface area contributed by atoms with Crippen LogP contribution in [0.25, 0.3) is 22.3 Å². The van der Waals surface area contributed by atoms with E-state index in [1.165, 1.54) is 10.9 Å². The fourth-order valence-electron chi connectivity index (χ4n) is 4.05. The zero-order valence-corrected chi connectivity index (χ0v) is 15.2. The van der Waals surface area contributed by atoms with Crippen LogP contribution >= 0.6 is 0 Å². The number of fused-ring (bicyclic) bond motifs is 1. The number of nitrogens with zero attached hydrogens (tertiary/aromatic N) is 5. The lowest BCUT2D eigenvalue weighted by Gasteiger charge is -2.32. The van der Waals surface area contributed by atoms with E-state index in [4.69, 9.17) is 5.73 Å². The SMILES string of the molecule is Cn1c(-c2cn(C)c3ccccc23)nnc1N1CCCC(CC(N)=O)C1. The Balaban J connectivity index is 1.67. The van der Waals surface area contributed by atoms with E-state index in [-0.39, 0.29) is 5.91 Å². The highest BCUT2D eigenvalue weighted by Crippen LogP contribution is 2.31. The average Bonchev–Trinajstić information content (AvgIpc) is 3.15. The van der Waals surface area contributed by atoms with Gasteiger partial charge in [-0.2, -0.15) is 0 Å². The standard InChI is InChI=1S/C19H24N6O/c1-23-12-15(14-7-3-4-8-16(14)23)18-21-22-19(24(18)2)25-9-5-6-13(11-25)10-17(20)26/h3-4,7-8,12-13H,5-6,9-11H2,1-2H3,(H2,20,26). The van der Waals surface area contributed by atoms with Gasteiger partial charge in [0.05, 0.1) is 0 Å². The highest BCUT2D eigenvalue weighted by atomic mass is 16.1. The third kappa shape index (κ3) is 2.83. The number of piperidine rings is 1. The molecule has 3 heterocycles. The van der Waals surface area contributed by atoms with Crippen LogP contribution in [0, 0.1) is 5.92 Å². The Morgan fingerprint density at radius 1 is 1.27 bits per heavy atom. The molecular formula is C19H24N6O. The summed E-state index contributed by atoms with van der Waals surface area (Å²) >= 11 is 0. The third-order valence-electron chi connectivity index (χ3n) is 5.28. The summed E-state index contributed by atoms with van der Waals surface area (Å²) in [4.78, 5) is 13.5. The lowest BCUT2D eigenvalue weighted by atomic mass is 9.95. The molecule has 7 heteroatoms. The van der Waals surface area contributed by atoms with E-state index in [1.807, 2.05) is 26.2 Å². The molecule has 1 aliphatic rings. The van der Waals surface area contributed by atoms with E-state index in [0.29, 0.717) is 12.3 Å². The normalized spacial score (nSPS) is 17.8. The monoisotopic (exact) mass is 352 g/mol. The van der Waals surface area contributed by atoms with Gasteiger partial charge in [0.1, 0.15) is 0 Å². The maximum atomic E-state index is 11.3. The van der Waals surface area contributed by atoms with Crippen LogP contribution in [0.5, 0.6) is 0 Å². The smallest absolute Gasteiger partial charge is 0.227 e. The Labute approximate surface area is 152 Å². The van der Waals surface area contributed by atoms with Gasteiger partial charge in [0.15, 0.2) is 5.82 Å². The summed E-state index contributed by atoms with van der Waals surface area (Å²) in [5.74, 6) is 1.76. The molecular weight excluding hydrogens is 328 g/mol. The molecule has 1 amide bonds. The molecule has 1 aliphatic heterocycles. The summed E-state index contributed by atoms with van der Waals surface area (Å²) in [5, 5.41) is 10.1. The first-order chi connectivity index (χ1) is 12.5. The van der Waals surface area contributed by atoms with Gasteiger partial charge in [-0.15, -0.1) is 10.2 Å². The number of carbonyl (C=O) groups is 1.